The van der Waals surface area contributed by atoms with Gasteiger partial charge in [0.25, 0.3) is 4.52 Å². The van der Waals surface area contributed by atoms with Crippen molar-refractivity contribution in [1.82, 2.24) is 0 Å². The first-order chi connectivity index (χ1) is 5.06. The average Bonchev–Trinajstić information content (AvgIpc) is 1.85. The molecule has 0 spiro atoms. The zero-order valence-corrected chi connectivity index (χ0v) is 10.6. The number of alkyl halides is 7. The fourth-order valence-electron chi connectivity index (χ4n) is 0.304. The van der Waals surface area contributed by atoms with Gasteiger partial charge >= 0.3 is 0 Å². The van der Waals surface area contributed by atoms with Crippen molar-refractivity contribution in [2.24, 2.45) is 0 Å². The molecule has 1 nitrogen and oxygen atoms in total. The number of halogens is 7. The van der Waals surface area contributed by atoms with Gasteiger partial charge in [0, 0.05) is 0 Å². The first kappa shape index (κ1) is 14.0. The van der Waals surface area contributed by atoms with Gasteiger partial charge in [-0.1, -0.05) is 69.6 Å². The van der Waals surface area contributed by atoms with Crippen LogP contribution in [0.4, 0.5) is 0 Å². The fourth-order valence-corrected chi connectivity index (χ4v) is 1.56. The van der Waals surface area contributed by atoms with Crippen LogP contribution in [-0.4, -0.2) is 24.2 Å². The molecule has 12 heavy (non-hydrogen) atoms. The Morgan fingerprint density at radius 3 is 1.33 bits per heavy atom. The molecule has 0 atom stereocenters. The molecule has 0 aromatic rings. The van der Waals surface area contributed by atoms with E-state index in [0.717, 1.165) is 0 Å². The normalized spacial score (nSPS) is 15.0. The third-order valence-corrected chi connectivity index (χ3v) is 5.05. The van der Waals surface area contributed by atoms with Crippen LogP contribution in [0.2, 0.25) is 0 Å². The molecule has 0 aromatic carbocycles. The minimum atomic E-state index is -2.49. The highest BCUT2D eigenvalue weighted by Gasteiger charge is 2.59. The Bertz CT molecular complexity index is 159. The first-order valence-corrected chi connectivity index (χ1v) is 5.28. The molecule has 0 heterocycles. The maximum atomic E-state index is 9.05. The standard InChI is InChI=1S/C4H3Cl7O/c5-1-2(6,7)3(8,9)4(10,11)12/h12H,1H2. The summed E-state index contributed by atoms with van der Waals surface area (Å²) in [6, 6.07) is 0. The molecule has 0 aliphatic rings. The number of rotatable bonds is 3. The molecule has 74 valence electrons. The summed E-state index contributed by atoms with van der Waals surface area (Å²) in [7, 11) is 0. The van der Waals surface area contributed by atoms with Crippen molar-refractivity contribution in [3.8, 4) is 0 Å². The van der Waals surface area contributed by atoms with Crippen molar-refractivity contribution in [3.05, 3.63) is 0 Å². The van der Waals surface area contributed by atoms with Crippen LogP contribution >= 0.6 is 81.2 Å². The summed E-state index contributed by atoms with van der Waals surface area (Å²) < 4.78 is -6.53. The predicted molar refractivity (Wildman–Crippen MR) is 56.2 cm³/mol. The Balaban J connectivity index is 4.85. The summed E-state index contributed by atoms with van der Waals surface area (Å²) >= 11 is 37.8. The van der Waals surface area contributed by atoms with Crippen molar-refractivity contribution >= 4 is 81.2 Å². The van der Waals surface area contributed by atoms with Gasteiger partial charge in [-0.3, -0.25) is 0 Å². The Morgan fingerprint density at radius 2 is 1.25 bits per heavy atom. The molecule has 0 fully saturated rings. The lowest BCUT2D eigenvalue weighted by molar-refractivity contribution is 0.189. The van der Waals surface area contributed by atoms with Crippen molar-refractivity contribution in [1.29, 1.82) is 0 Å². The Kier molecular flexibility index (Phi) is 4.94. The molecule has 0 aliphatic carbocycles. The van der Waals surface area contributed by atoms with E-state index in [1.807, 2.05) is 0 Å². The van der Waals surface area contributed by atoms with Crippen molar-refractivity contribution in [2.75, 3.05) is 5.88 Å². The van der Waals surface area contributed by atoms with E-state index < -0.39 is 13.2 Å². The van der Waals surface area contributed by atoms with Crippen LogP contribution in [0.25, 0.3) is 0 Å². The second kappa shape index (κ2) is 4.24. The van der Waals surface area contributed by atoms with Crippen molar-refractivity contribution in [2.45, 2.75) is 13.2 Å². The van der Waals surface area contributed by atoms with Gasteiger partial charge in [-0.05, 0) is 0 Å². The van der Waals surface area contributed by atoms with Crippen LogP contribution in [-0.2, 0) is 0 Å². The summed E-state index contributed by atoms with van der Waals surface area (Å²) in [6.07, 6.45) is 0. The maximum absolute atomic E-state index is 9.05. The van der Waals surface area contributed by atoms with Crippen molar-refractivity contribution < 1.29 is 5.11 Å². The van der Waals surface area contributed by atoms with Crippen LogP contribution < -0.4 is 0 Å². The minimum absolute atomic E-state index is 0.342. The van der Waals surface area contributed by atoms with E-state index in [4.69, 9.17) is 86.3 Å². The molecule has 0 aromatic heterocycles. The molecule has 0 saturated heterocycles. The summed E-state index contributed by atoms with van der Waals surface area (Å²) in [5, 5.41) is 9.05. The predicted octanol–water partition coefficient (Wildman–Crippen LogP) is 3.70. The molecule has 0 rings (SSSR count). The third-order valence-electron chi connectivity index (χ3n) is 1.00. The lowest BCUT2D eigenvalue weighted by atomic mass is 10.3. The third kappa shape index (κ3) is 2.74. The van der Waals surface area contributed by atoms with E-state index in [9.17, 15) is 0 Å². The minimum Gasteiger partial charge on any atom is -0.360 e. The van der Waals surface area contributed by atoms with Crippen LogP contribution in [0.1, 0.15) is 0 Å². The fraction of sp³-hybridized carbons (Fsp3) is 1.00. The Hall–Kier alpha value is 1.99. The molecular formula is C4H3Cl7O. The summed E-state index contributed by atoms with van der Waals surface area (Å²) in [6.45, 7) is 0. The summed E-state index contributed by atoms with van der Waals surface area (Å²) in [4.78, 5) is 0. The lowest BCUT2D eigenvalue weighted by Crippen LogP contribution is -2.50. The maximum Gasteiger partial charge on any atom is 0.251 e. The van der Waals surface area contributed by atoms with Gasteiger partial charge in [-0.25, -0.2) is 0 Å². The molecule has 8 heteroatoms. The monoisotopic (exact) mass is 312 g/mol. The molecule has 0 aliphatic heterocycles. The second-order valence-corrected chi connectivity index (χ2v) is 6.32. The van der Waals surface area contributed by atoms with E-state index in [2.05, 4.69) is 0 Å². The zero-order valence-electron chi connectivity index (χ0n) is 5.30. The van der Waals surface area contributed by atoms with Gasteiger partial charge < -0.3 is 5.11 Å². The van der Waals surface area contributed by atoms with Gasteiger partial charge in [0.2, 0.25) is 4.33 Å². The van der Waals surface area contributed by atoms with Crippen LogP contribution in [0, 0.1) is 0 Å². The van der Waals surface area contributed by atoms with Gasteiger partial charge in [0.05, 0.1) is 5.88 Å². The molecule has 0 saturated carbocycles. The summed E-state index contributed by atoms with van der Waals surface area (Å²) in [5.74, 6) is -0.342. The molecule has 0 bridgehead atoms. The lowest BCUT2D eigenvalue weighted by Gasteiger charge is -2.36. The summed E-state index contributed by atoms with van der Waals surface area (Å²) in [5.41, 5.74) is 0. The highest BCUT2D eigenvalue weighted by Crippen LogP contribution is 2.53. The SMILES string of the molecule is OC(Cl)(Cl)C(Cl)(Cl)C(Cl)(Cl)CCl. The van der Waals surface area contributed by atoms with E-state index in [-0.39, 0.29) is 5.88 Å². The Morgan fingerprint density at radius 1 is 0.917 bits per heavy atom. The number of hydrogen-bond donors (Lipinski definition) is 1. The zero-order chi connectivity index (χ0) is 10.2. The molecule has 0 amide bonds. The molecule has 0 unspecified atom stereocenters. The highest BCUT2D eigenvalue weighted by atomic mass is 35.5. The van der Waals surface area contributed by atoms with E-state index in [0.29, 0.717) is 0 Å². The van der Waals surface area contributed by atoms with Crippen LogP contribution in [0.15, 0.2) is 0 Å². The van der Waals surface area contributed by atoms with Gasteiger partial charge in [0.15, 0.2) is 4.33 Å². The Labute approximate surface area is 105 Å². The second-order valence-electron chi connectivity index (χ2n) is 1.95. The van der Waals surface area contributed by atoms with Gasteiger partial charge in [0.1, 0.15) is 0 Å². The smallest absolute Gasteiger partial charge is 0.251 e. The quantitative estimate of drug-likeness (QED) is 0.788. The van der Waals surface area contributed by atoms with Crippen LogP contribution in [0.3, 0.4) is 0 Å². The van der Waals surface area contributed by atoms with E-state index in [1.165, 1.54) is 0 Å². The molecule has 1 N–H and O–H groups in total. The molecule has 0 radical (unpaired) electrons. The highest BCUT2D eigenvalue weighted by molar-refractivity contribution is 6.69. The van der Waals surface area contributed by atoms with Gasteiger partial charge in [-0.15, -0.1) is 11.6 Å². The molecular weight excluding hydrogens is 312 g/mol. The van der Waals surface area contributed by atoms with E-state index >= 15 is 0 Å². The largest absolute Gasteiger partial charge is 0.360 e. The van der Waals surface area contributed by atoms with Crippen molar-refractivity contribution in [3.63, 3.8) is 0 Å². The topological polar surface area (TPSA) is 20.2 Å². The van der Waals surface area contributed by atoms with Crippen LogP contribution in [0.5, 0.6) is 0 Å². The number of aliphatic hydroxyl groups is 1. The van der Waals surface area contributed by atoms with Gasteiger partial charge in [-0.2, -0.15) is 0 Å². The van der Waals surface area contributed by atoms with E-state index in [1.54, 1.807) is 0 Å². The first-order valence-electron chi connectivity index (χ1n) is 2.48. The number of hydrogen-bond acceptors (Lipinski definition) is 1. The average molecular weight is 315 g/mol.